The predicted octanol–water partition coefficient (Wildman–Crippen LogP) is 6.81. The van der Waals surface area contributed by atoms with Gasteiger partial charge in [-0.1, -0.05) is 69.4 Å². The molecule has 1 fully saturated rings. The molecule has 1 aliphatic carbocycles. The van der Waals surface area contributed by atoms with Crippen LogP contribution in [-0.2, 0) is 0 Å². The van der Waals surface area contributed by atoms with Crippen LogP contribution in [0.25, 0.3) is 0 Å². The third-order valence-corrected chi connectivity index (χ3v) is 5.89. The molecule has 3 heteroatoms. The molecule has 0 spiro atoms. The molecule has 0 bridgehead atoms. The van der Waals surface area contributed by atoms with Crippen molar-refractivity contribution in [2.24, 2.45) is 11.8 Å². The summed E-state index contributed by atoms with van der Waals surface area (Å²) in [5.41, 5.74) is 1.16. The van der Waals surface area contributed by atoms with E-state index in [2.05, 4.69) is 19.1 Å². The Kier molecular flexibility index (Phi) is 6.87. The van der Waals surface area contributed by atoms with Gasteiger partial charge in [-0.15, -0.1) is 0 Å². The first-order valence-corrected chi connectivity index (χ1v) is 10.1. The predicted molar refractivity (Wildman–Crippen MR) is 106 cm³/mol. The maximum absolute atomic E-state index is 13.9. The number of ether oxygens (including phenoxy) is 1. The maximum atomic E-state index is 13.9. The number of hydrogen-bond acceptors (Lipinski definition) is 2. The SMILES string of the molecule is CC[C@H]1CC[C@H](CCC(Oc2ccc(C#N)c(F)c2)c2ccccc2)CC1. The van der Waals surface area contributed by atoms with Crippen LogP contribution < -0.4 is 4.74 Å². The Balaban J connectivity index is 1.67. The van der Waals surface area contributed by atoms with Crippen molar-refractivity contribution in [3.63, 3.8) is 0 Å². The van der Waals surface area contributed by atoms with Gasteiger partial charge in [0.05, 0.1) is 5.56 Å². The van der Waals surface area contributed by atoms with Gasteiger partial charge in [0.1, 0.15) is 23.7 Å². The maximum Gasteiger partial charge on any atom is 0.144 e. The van der Waals surface area contributed by atoms with Crippen molar-refractivity contribution in [2.75, 3.05) is 0 Å². The van der Waals surface area contributed by atoms with E-state index in [0.717, 1.165) is 30.2 Å². The lowest BCUT2D eigenvalue weighted by Gasteiger charge is -2.29. The molecular formula is C24H28FNO. The largest absolute Gasteiger partial charge is 0.486 e. The Morgan fingerprint density at radius 3 is 2.41 bits per heavy atom. The third-order valence-electron chi connectivity index (χ3n) is 5.89. The zero-order valence-corrected chi connectivity index (χ0v) is 16.0. The van der Waals surface area contributed by atoms with Gasteiger partial charge in [0, 0.05) is 6.07 Å². The lowest BCUT2D eigenvalue weighted by molar-refractivity contribution is 0.168. The normalized spacial score (nSPS) is 20.6. The standard InChI is InChI=1S/C24H28FNO/c1-2-18-8-10-19(11-9-18)12-15-24(20-6-4-3-5-7-20)27-22-14-13-21(17-26)23(25)16-22/h3-7,13-14,16,18-19,24H,2,8-12,15H2,1H3/t18-,19-,24?. The highest BCUT2D eigenvalue weighted by atomic mass is 19.1. The molecule has 0 saturated heterocycles. The Labute approximate surface area is 162 Å². The number of rotatable bonds is 7. The molecule has 1 unspecified atom stereocenters. The first-order valence-electron chi connectivity index (χ1n) is 10.1. The molecule has 0 aliphatic heterocycles. The molecule has 3 rings (SSSR count). The van der Waals surface area contributed by atoms with Gasteiger partial charge in [-0.2, -0.15) is 5.26 Å². The zero-order chi connectivity index (χ0) is 19.1. The second-order valence-corrected chi connectivity index (χ2v) is 7.64. The lowest BCUT2D eigenvalue weighted by atomic mass is 9.78. The van der Waals surface area contributed by atoms with Crippen molar-refractivity contribution < 1.29 is 9.13 Å². The smallest absolute Gasteiger partial charge is 0.144 e. The molecule has 0 radical (unpaired) electrons. The van der Waals surface area contributed by atoms with Gasteiger partial charge < -0.3 is 4.74 Å². The van der Waals surface area contributed by atoms with Gasteiger partial charge in [-0.05, 0) is 42.4 Å². The van der Waals surface area contributed by atoms with E-state index in [0.29, 0.717) is 5.75 Å². The molecule has 1 aliphatic rings. The van der Waals surface area contributed by atoms with Crippen LogP contribution in [0.4, 0.5) is 4.39 Å². The molecule has 27 heavy (non-hydrogen) atoms. The van der Waals surface area contributed by atoms with Gasteiger partial charge in [0.25, 0.3) is 0 Å². The summed E-state index contributed by atoms with van der Waals surface area (Å²) in [5, 5.41) is 8.90. The number of nitrogens with zero attached hydrogens (tertiary/aromatic N) is 1. The molecule has 142 valence electrons. The summed E-state index contributed by atoms with van der Waals surface area (Å²) in [6.45, 7) is 2.29. The van der Waals surface area contributed by atoms with Crippen LogP contribution in [0.2, 0.25) is 0 Å². The molecule has 0 aromatic heterocycles. The second kappa shape index (κ2) is 9.55. The molecular weight excluding hydrogens is 337 g/mol. The highest BCUT2D eigenvalue weighted by Crippen LogP contribution is 2.36. The second-order valence-electron chi connectivity index (χ2n) is 7.64. The summed E-state index contributed by atoms with van der Waals surface area (Å²) >= 11 is 0. The van der Waals surface area contributed by atoms with E-state index in [4.69, 9.17) is 10.00 Å². The summed E-state index contributed by atoms with van der Waals surface area (Å²) in [7, 11) is 0. The molecule has 2 aromatic carbocycles. The van der Waals surface area contributed by atoms with E-state index in [-0.39, 0.29) is 11.7 Å². The van der Waals surface area contributed by atoms with Crippen LogP contribution in [-0.4, -0.2) is 0 Å². The van der Waals surface area contributed by atoms with Crippen molar-refractivity contribution in [2.45, 2.75) is 58.0 Å². The van der Waals surface area contributed by atoms with Crippen LogP contribution in [0.1, 0.15) is 69.1 Å². The summed E-state index contributed by atoms with van der Waals surface area (Å²) in [5.74, 6) is 1.62. The minimum atomic E-state index is -0.528. The Hall–Kier alpha value is -2.34. The first-order chi connectivity index (χ1) is 13.2. The van der Waals surface area contributed by atoms with E-state index in [1.165, 1.54) is 44.2 Å². The van der Waals surface area contributed by atoms with Crippen LogP contribution in [0.3, 0.4) is 0 Å². The highest BCUT2D eigenvalue weighted by Gasteiger charge is 2.22. The van der Waals surface area contributed by atoms with Crippen molar-refractivity contribution in [1.29, 1.82) is 5.26 Å². The van der Waals surface area contributed by atoms with Crippen LogP contribution in [0.5, 0.6) is 5.75 Å². The number of hydrogen-bond donors (Lipinski definition) is 0. The fraction of sp³-hybridized carbons (Fsp3) is 0.458. The Morgan fingerprint density at radius 1 is 1.07 bits per heavy atom. The van der Waals surface area contributed by atoms with Crippen molar-refractivity contribution in [1.82, 2.24) is 0 Å². The number of halogens is 1. The molecule has 0 heterocycles. The van der Waals surface area contributed by atoms with Gasteiger partial charge >= 0.3 is 0 Å². The summed E-state index contributed by atoms with van der Waals surface area (Å²) in [6.07, 6.45) is 8.57. The number of benzene rings is 2. The van der Waals surface area contributed by atoms with Gasteiger partial charge in [-0.3, -0.25) is 0 Å². The lowest BCUT2D eigenvalue weighted by Crippen LogP contribution is -2.16. The van der Waals surface area contributed by atoms with E-state index in [1.807, 2.05) is 24.3 Å². The summed E-state index contributed by atoms with van der Waals surface area (Å²) in [4.78, 5) is 0. The monoisotopic (exact) mass is 365 g/mol. The van der Waals surface area contributed by atoms with E-state index < -0.39 is 5.82 Å². The van der Waals surface area contributed by atoms with Gasteiger partial charge in [-0.25, -0.2) is 4.39 Å². The van der Waals surface area contributed by atoms with Gasteiger partial charge in [0.2, 0.25) is 0 Å². The van der Waals surface area contributed by atoms with E-state index in [9.17, 15) is 4.39 Å². The quantitative estimate of drug-likeness (QED) is 0.539. The molecule has 0 N–H and O–H groups in total. The van der Waals surface area contributed by atoms with Crippen LogP contribution in [0.15, 0.2) is 48.5 Å². The third kappa shape index (κ3) is 5.32. The highest BCUT2D eigenvalue weighted by molar-refractivity contribution is 5.36. The molecule has 1 saturated carbocycles. The van der Waals surface area contributed by atoms with Crippen LogP contribution in [0, 0.1) is 29.0 Å². The topological polar surface area (TPSA) is 33.0 Å². The minimum Gasteiger partial charge on any atom is -0.486 e. The fourth-order valence-corrected chi connectivity index (χ4v) is 4.10. The number of nitriles is 1. The average Bonchev–Trinajstić information content (AvgIpc) is 2.72. The Morgan fingerprint density at radius 2 is 1.78 bits per heavy atom. The zero-order valence-electron chi connectivity index (χ0n) is 16.0. The average molecular weight is 365 g/mol. The minimum absolute atomic E-state index is 0.0475. The van der Waals surface area contributed by atoms with Gasteiger partial charge in [0.15, 0.2) is 0 Å². The van der Waals surface area contributed by atoms with E-state index >= 15 is 0 Å². The van der Waals surface area contributed by atoms with E-state index in [1.54, 1.807) is 6.07 Å². The molecule has 0 amide bonds. The molecule has 1 atom stereocenters. The fourth-order valence-electron chi connectivity index (χ4n) is 4.10. The molecule has 2 aromatic rings. The summed E-state index contributed by atoms with van der Waals surface area (Å²) in [6, 6.07) is 16.5. The van der Waals surface area contributed by atoms with Crippen molar-refractivity contribution in [3.05, 3.63) is 65.5 Å². The summed E-state index contributed by atoms with van der Waals surface area (Å²) < 4.78 is 20.1. The van der Waals surface area contributed by atoms with Crippen LogP contribution >= 0.6 is 0 Å². The molecule has 2 nitrogen and oxygen atoms in total. The van der Waals surface area contributed by atoms with Crippen molar-refractivity contribution >= 4 is 0 Å². The van der Waals surface area contributed by atoms with Crippen molar-refractivity contribution in [3.8, 4) is 11.8 Å². The Bertz CT molecular complexity index is 760. The first kappa shape index (κ1) is 19.4.